The number of nitrogens with zero attached hydrogens (tertiary/aromatic N) is 6. The van der Waals surface area contributed by atoms with E-state index in [-0.39, 0.29) is 18.0 Å². The first-order valence-corrected chi connectivity index (χ1v) is 10.4. The fourth-order valence-electron chi connectivity index (χ4n) is 3.74. The minimum absolute atomic E-state index is 0.101. The number of likely N-dealkylation sites (N-methyl/N-ethyl adjacent to an activating group) is 1. The highest BCUT2D eigenvalue weighted by molar-refractivity contribution is 5.68. The molecule has 1 fully saturated rings. The Morgan fingerprint density at radius 2 is 2.06 bits per heavy atom. The SMILES string of the molecule is CN(c1ccnc(-c2cnc3ccc(F)cn23)n1)[C@@H]1CCCN(C(=O)OC(C)(C)C)C1. The molecule has 31 heavy (non-hydrogen) atoms. The maximum atomic E-state index is 13.7. The van der Waals surface area contributed by atoms with Crippen LogP contribution in [0.3, 0.4) is 0 Å². The monoisotopic (exact) mass is 426 g/mol. The molecule has 0 spiro atoms. The lowest BCUT2D eigenvalue weighted by molar-refractivity contribution is 0.0199. The van der Waals surface area contributed by atoms with Crippen molar-refractivity contribution in [2.24, 2.45) is 0 Å². The van der Waals surface area contributed by atoms with Crippen molar-refractivity contribution < 1.29 is 13.9 Å². The predicted molar refractivity (Wildman–Crippen MR) is 115 cm³/mol. The number of halogens is 1. The molecule has 0 radical (unpaired) electrons. The molecule has 3 aromatic rings. The smallest absolute Gasteiger partial charge is 0.410 e. The molecular formula is C22H27FN6O2. The van der Waals surface area contributed by atoms with Gasteiger partial charge in [0, 0.05) is 38.6 Å². The van der Waals surface area contributed by atoms with E-state index in [2.05, 4.69) is 14.9 Å². The highest BCUT2D eigenvalue weighted by Crippen LogP contribution is 2.24. The molecule has 4 heterocycles. The number of amides is 1. The minimum atomic E-state index is -0.523. The third-order valence-electron chi connectivity index (χ3n) is 5.30. The molecular weight excluding hydrogens is 399 g/mol. The van der Waals surface area contributed by atoms with Gasteiger partial charge in [-0.15, -0.1) is 0 Å². The molecule has 9 heteroatoms. The zero-order valence-corrected chi connectivity index (χ0v) is 18.2. The number of hydrogen-bond acceptors (Lipinski definition) is 6. The van der Waals surface area contributed by atoms with Crippen LogP contribution in [0.15, 0.2) is 36.8 Å². The van der Waals surface area contributed by atoms with Crippen molar-refractivity contribution in [1.82, 2.24) is 24.3 Å². The molecule has 4 rings (SSSR count). The lowest BCUT2D eigenvalue weighted by atomic mass is 10.0. The summed E-state index contributed by atoms with van der Waals surface area (Å²) in [5.74, 6) is 0.833. The van der Waals surface area contributed by atoms with Crippen LogP contribution < -0.4 is 4.90 Å². The first-order chi connectivity index (χ1) is 14.7. The second-order valence-corrected chi connectivity index (χ2v) is 8.79. The van der Waals surface area contributed by atoms with Crippen molar-refractivity contribution in [3.8, 4) is 11.5 Å². The number of carbonyl (C=O) groups excluding carboxylic acids is 1. The number of aromatic nitrogens is 4. The number of hydrogen-bond donors (Lipinski definition) is 0. The van der Waals surface area contributed by atoms with Gasteiger partial charge in [0.05, 0.1) is 6.20 Å². The van der Waals surface area contributed by atoms with Crippen LogP contribution in [0.4, 0.5) is 15.0 Å². The van der Waals surface area contributed by atoms with E-state index >= 15 is 0 Å². The maximum absolute atomic E-state index is 13.7. The van der Waals surface area contributed by atoms with Crippen LogP contribution in [0.5, 0.6) is 0 Å². The van der Waals surface area contributed by atoms with Crippen molar-refractivity contribution in [2.45, 2.75) is 45.3 Å². The van der Waals surface area contributed by atoms with Crippen LogP contribution in [-0.2, 0) is 4.74 Å². The van der Waals surface area contributed by atoms with Gasteiger partial charge in [0.25, 0.3) is 0 Å². The molecule has 0 aromatic carbocycles. The topological polar surface area (TPSA) is 75.9 Å². The first kappa shape index (κ1) is 21.0. The Kier molecular flexibility index (Phi) is 5.51. The fourth-order valence-corrected chi connectivity index (χ4v) is 3.74. The Hall–Kier alpha value is -3.23. The number of carbonyl (C=O) groups is 1. The van der Waals surface area contributed by atoms with E-state index in [4.69, 9.17) is 9.72 Å². The van der Waals surface area contributed by atoms with Crippen molar-refractivity contribution in [2.75, 3.05) is 25.0 Å². The molecule has 0 N–H and O–H groups in total. The maximum Gasteiger partial charge on any atom is 0.410 e. The lowest BCUT2D eigenvalue weighted by Crippen LogP contribution is -2.50. The van der Waals surface area contributed by atoms with Gasteiger partial charge in [-0.1, -0.05) is 0 Å². The lowest BCUT2D eigenvalue weighted by Gasteiger charge is -2.38. The zero-order chi connectivity index (χ0) is 22.2. The summed E-state index contributed by atoms with van der Waals surface area (Å²) < 4.78 is 20.9. The summed E-state index contributed by atoms with van der Waals surface area (Å²) in [6.07, 6.45) is 6.23. The standard InChI is InChI=1S/C22H27FN6O2/c1-22(2,3)31-21(30)28-11-5-6-16(14-28)27(4)19-9-10-24-20(26-19)17-12-25-18-8-7-15(23)13-29(17)18/h7-10,12-13,16H,5-6,11,14H2,1-4H3/t16-/m1/s1. The summed E-state index contributed by atoms with van der Waals surface area (Å²) in [5, 5.41) is 0. The Bertz CT molecular complexity index is 1090. The number of pyridine rings is 1. The number of piperidine rings is 1. The molecule has 0 saturated carbocycles. The van der Waals surface area contributed by atoms with Crippen LogP contribution in [0, 0.1) is 5.82 Å². The average Bonchev–Trinajstić information content (AvgIpc) is 3.15. The van der Waals surface area contributed by atoms with Gasteiger partial charge in [0.1, 0.15) is 28.6 Å². The Morgan fingerprint density at radius 1 is 1.26 bits per heavy atom. The Labute approximate surface area is 180 Å². The summed E-state index contributed by atoms with van der Waals surface area (Å²) in [7, 11) is 1.96. The van der Waals surface area contributed by atoms with E-state index in [1.807, 2.05) is 33.9 Å². The normalized spacial score (nSPS) is 17.1. The molecule has 0 unspecified atom stereocenters. The van der Waals surface area contributed by atoms with Crippen LogP contribution in [0.2, 0.25) is 0 Å². The molecule has 1 atom stereocenters. The summed E-state index contributed by atoms with van der Waals surface area (Å²) in [4.78, 5) is 29.7. The van der Waals surface area contributed by atoms with Crippen molar-refractivity contribution >= 4 is 17.6 Å². The summed E-state index contributed by atoms with van der Waals surface area (Å²) in [6.45, 7) is 6.85. The number of anilines is 1. The number of fused-ring (bicyclic) bond motifs is 1. The van der Waals surface area contributed by atoms with Gasteiger partial charge in [-0.25, -0.2) is 24.1 Å². The molecule has 1 saturated heterocycles. The highest BCUT2D eigenvalue weighted by atomic mass is 19.1. The van der Waals surface area contributed by atoms with Crippen molar-refractivity contribution in [1.29, 1.82) is 0 Å². The third-order valence-corrected chi connectivity index (χ3v) is 5.30. The number of imidazole rings is 1. The summed E-state index contributed by atoms with van der Waals surface area (Å²) in [5.41, 5.74) is 0.716. The van der Waals surface area contributed by atoms with Crippen molar-refractivity contribution in [3.05, 3.63) is 42.6 Å². The highest BCUT2D eigenvalue weighted by Gasteiger charge is 2.30. The molecule has 1 amide bonds. The molecule has 1 aliphatic heterocycles. The first-order valence-electron chi connectivity index (χ1n) is 10.4. The van der Waals surface area contributed by atoms with Crippen molar-refractivity contribution in [3.63, 3.8) is 0 Å². The minimum Gasteiger partial charge on any atom is -0.444 e. The summed E-state index contributed by atoms with van der Waals surface area (Å²) >= 11 is 0. The second kappa shape index (κ2) is 8.13. The molecule has 3 aromatic heterocycles. The van der Waals surface area contributed by atoms with Crippen LogP contribution in [-0.4, -0.2) is 62.1 Å². The molecule has 0 bridgehead atoms. The molecule has 8 nitrogen and oxygen atoms in total. The van der Waals surface area contributed by atoms with E-state index in [0.717, 1.165) is 18.7 Å². The predicted octanol–water partition coefficient (Wildman–Crippen LogP) is 3.77. The van der Waals surface area contributed by atoms with Gasteiger partial charge in [-0.05, 0) is 51.8 Å². The van der Waals surface area contributed by atoms with Crippen LogP contribution in [0.1, 0.15) is 33.6 Å². The molecule has 0 aliphatic carbocycles. The van der Waals surface area contributed by atoms with E-state index in [9.17, 15) is 9.18 Å². The van der Waals surface area contributed by atoms with Crippen LogP contribution >= 0.6 is 0 Å². The van der Waals surface area contributed by atoms with Gasteiger partial charge >= 0.3 is 6.09 Å². The van der Waals surface area contributed by atoms with E-state index in [0.29, 0.717) is 30.3 Å². The molecule has 164 valence electrons. The number of likely N-dealkylation sites (tertiary alicyclic amines) is 1. The fraction of sp³-hybridized carbons (Fsp3) is 0.455. The average molecular weight is 426 g/mol. The molecule has 1 aliphatic rings. The van der Waals surface area contributed by atoms with E-state index in [1.165, 1.54) is 12.3 Å². The third kappa shape index (κ3) is 4.60. The van der Waals surface area contributed by atoms with E-state index in [1.54, 1.807) is 27.8 Å². The summed E-state index contributed by atoms with van der Waals surface area (Å²) in [6, 6.07) is 4.92. The second-order valence-electron chi connectivity index (χ2n) is 8.79. The number of ether oxygens (including phenoxy) is 1. The Balaban J connectivity index is 1.54. The largest absolute Gasteiger partial charge is 0.444 e. The van der Waals surface area contributed by atoms with Gasteiger partial charge in [0.15, 0.2) is 5.82 Å². The van der Waals surface area contributed by atoms with Gasteiger partial charge in [-0.2, -0.15) is 0 Å². The van der Waals surface area contributed by atoms with Gasteiger partial charge in [-0.3, -0.25) is 4.40 Å². The quantitative estimate of drug-likeness (QED) is 0.635. The zero-order valence-electron chi connectivity index (χ0n) is 18.2. The van der Waals surface area contributed by atoms with Crippen LogP contribution in [0.25, 0.3) is 17.2 Å². The van der Waals surface area contributed by atoms with Gasteiger partial charge < -0.3 is 14.5 Å². The Morgan fingerprint density at radius 3 is 2.84 bits per heavy atom. The van der Waals surface area contributed by atoms with E-state index < -0.39 is 5.60 Å². The van der Waals surface area contributed by atoms with Gasteiger partial charge in [0.2, 0.25) is 0 Å². The number of rotatable bonds is 3.